The summed E-state index contributed by atoms with van der Waals surface area (Å²) < 4.78 is 30.6. The number of nitrogens with zero attached hydrogens (tertiary/aromatic N) is 1. The van der Waals surface area contributed by atoms with Crippen LogP contribution < -0.4 is 0 Å². The Morgan fingerprint density at radius 2 is 1.60 bits per heavy atom. The summed E-state index contributed by atoms with van der Waals surface area (Å²) in [6.45, 7) is 0. The predicted molar refractivity (Wildman–Crippen MR) is 72.3 cm³/mol. The van der Waals surface area contributed by atoms with Gasteiger partial charge in [-0.3, -0.25) is 0 Å². The van der Waals surface area contributed by atoms with Crippen molar-refractivity contribution in [2.24, 2.45) is 0 Å². The zero-order chi connectivity index (χ0) is 13.9. The van der Waals surface area contributed by atoms with E-state index in [1.165, 1.54) is 6.07 Å². The van der Waals surface area contributed by atoms with Gasteiger partial charge in [-0.15, -0.1) is 0 Å². The van der Waals surface area contributed by atoms with Gasteiger partial charge in [0.25, 0.3) is 6.43 Å². The summed E-state index contributed by atoms with van der Waals surface area (Å²) in [6.07, 6.45) is -0.950. The monoisotopic (exact) mass is 271 g/mol. The van der Waals surface area contributed by atoms with E-state index in [4.69, 9.17) is 4.42 Å². The maximum absolute atomic E-state index is 12.6. The highest BCUT2D eigenvalue weighted by atomic mass is 19.3. The van der Waals surface area contributed by atoms with Crippen molar-refractivity contribution in [3.8, 4) is 22.6 Å². The molecule has 0 atom stereocenters. The summed E-state index contributed by atoms with van der Waals surface area (Å²) in [5.74, 6) is 0.769. The molecule has 2 nitrogen and oxygen atoms in total. The quantitative estimate of drug-likeness (QED) is 0.674. The molecule has 0 unspecified atom stereocenters. The first-order valence-corrected chi connectivity index (χ1v) is 6.13. The van der Waals surface area contributed by atoms with Crippen molar-refractivity contribution in [3.05, 3.63) is 66.6 Å². The first-order valence-electron chi connectivity index (χ1n) is 6.13. The van der Waals surface area contributed by atoms with Gasteiger partial charge in [-0.1, -0.05) is 30.3 Å². The standard InChI is InChI=1S/C16H11F2NO/c17-16(18)14-4-1-3-13(19-14)11-6-8-12(9-7-11)15-5-2-10-20-15/h1-10,16H. The minimum atomic E-state index is -2.56. The van der Waals surface area contributed by atoms with E-state index in [-0.39, 0.29) is 5.69 Å². The van der Waals surface area contributed by atoms with E-state index in [1.807, 2.05) is 36.4 Å². The Balaban J connectivity index is 1.93. The van der Waals surface area contributed by atoms with E-state index in [0.717, 1.165) is 16.9 Å². The van der Waals surface area contributed by atoms with Crippen LogP contribution in [-0.2, 0) is 0 Å². The van der Waals surface area contributed by atoms with Crippen molar-refractivity contribution in [3.63, 3.8) is 0 Å². The molecule has 0 saturated carbocycles. The molecule has 100 valence electrons. The van der Waals surface area contributed by atoms with Crippen LogP contribution in [0.25, 0.3) is 22.6 Å². The second-order valence-electron chi connectivity index (χ2n) is 4.30. The SMILES string of the molecule is FC(F)c1cccc(-c2ccc(-c3ccco3)cc2)n1. The van der Waals surface area contributed by atoms with Gasteiger partial charge in [0.1, 0.15) is 11.5 Å². The van der Waals surface area contributed by atoms with E-state index in [2.05, 4.69) is 4.98 Å². The molecule has 0 radical (unpaired) electrons. The van der Waals surface area contributed by atoms with Crippen LogP contribution >= 0.6 is 0 Å². The Hall–Kier alpha value is -2.49. The highest BCUT2D eigenvalue weighted by molar-refractivity contribution is 5.65. The molecule has 0 saturated heterocycles. The van der Waals surface area contributed by atoms with Gasteiger partial charge < -0.3 is 4.42 Å². The molecular weight excluding hydrogens is 260 g/mol. The average molecular weight is 271 g/mol. The molecule has 0 bridgehead atoms. The lowest BCUT2D eigenvalue weighted by Gasteiger charge is -2.05. The third-order valence-corrected chi connectivity index (χ3v) is 2.98. The molecule has 0 N–H and O–H groups in total. The van der Waals surface area contributed by atoms with Crippen LogP contribution in [0.15, 0.2) is 65.3 Å². The number of alkyl halides is 2. The van der Waals surface area contributed by atoms with Gasteiger partial charge in [0, 0.05) is 11.1 Å². The van der Waals surface area contributed by atoms with Gasteiger partial charge in [-0.25, -0.2) is 13.8 Å². The first-order chi connectivity index (χ1) is 9.74. The molecule has 0 fully saturated rings. The molecule has 0 aliphatic rings. The fourth-order valence-corrected chi connectivity index (χ4v) is 1.98. The minimum absolute atomic E-state index is 0.211. The number of rotatable bonds is 3. The second kappa shape index (κ2) is 5.25. The second-order valence-corrected chi connectivity index (χ2v) is 4.30. The Morgan fingerprint density at radius 3 is 2.25 bits per heavy atom. The molecule has 0 spiro atoms. The number of furan rings is 1. The Labute approximate surface area is 114 Å². The fraction of sp³-hybridized carbons (Fsp3) is 0.0625. The predicted octanol–water partition coefficient (Wildman–Crippen LogP) is 4.95. The fourth-order valence-electron chi connectivity index (χ4n) is 1.98. The van der Waals surface area contributed by atoms with Gasteiger partial charge in [0.05, 0.1) is 12.0 Å². The zero-order valence-corrected chi connectivity index (χ0v) is 10.5. The van der Waals surface area contributed by atoms with E-state index in [1.54, 1.807) is 18.4 Å². The molecule has 0 aliphatic heterocycles. The van der Waals surface area contributed by atoms with Gasteiger partial charge in [-0.05, 0) is 24.3 Å². The molecule has 1 aromatic carbocycles. The van der Waals surface area contributed by atoms with Crippen molar-refractivity contribution in [2.75, 3.05) is 0 Å². The van der Waals surface area contributed by atoms with Crippen LogP contribution in [-0.4, -0.2) is 4.98 Å². The minimum Gasteiger partial charge on any atom is -0.464 e. The van der Waals surface area contributed by atoms with Crippen LogP contribution in [0.5, 0.6) is 0 Å². The highest BCUT2D eigenvalue weighted by Gasteiger charge is 2.10. The average Bonchev–Trinajstić information content (AvgIpc) is 3.02. The lowest BCUT2D eigenvalue weighted by Crippen LogP contribution is -1.92. The number of hydrogen-bond donors (Lipinski definition) is 0. The molecule has 3 rings (SSSR count). The van der Waals surface area contributed by atoms with Crippen molar-refractivity contribution in [1.29, 1.82) is 0 Å². The van der Waals surface area contributed by atoms with Crippen LogP contribution in [0.3, 0.4) is 0 Å². The lowest BCUT2D eigenvalue weighted by molar-refractivity contribution is 0.146. The smallest absolute Gasteiger partial charge is 0.280 e. The van der Waals surface area contributed by atoms with E-state index < -0.39 is 6.43 Å². The third kappa shape index (κ3) is 2.45. The normalized spacial score (nSPS) is 10.9. The van der Waals surface area contributed by atoms with Gasteiger partial charge >= 0.3 is 0 Å². The lowest BCUT2D eigenvalue weighted by atomic mass is 10.1. The summed E-state index contributed by atoms with van der Waals surface area (Å²) >= 11 is 0. The Kier molecular flexibility index (Phi) is 3.29. The summed E-state index contributed by atoms with van der Waals surface area (Å²) in [5.41, 5.74) is 2.05. The number of aromatic nitrogens is 1. The Morgan fingerprint density at radius 1 is 0.850 bits per heavy atom. The molecule has 2 heterocycles. The highest BCUT2D eigenvalue weighted by Crippen LogP contribution is 2.25. The van der Waals surface area contributed by atoms with Crippen molar-refractivity contribution < 1.29 is 13.2 Å². The summed E-state index contributed by atoms with van der Waals surface area (Å²) in [5, 5.41) is 0. The first kappa shape index (κ1) is 12.5. The zero-order valence-electron chi connectivity index (χ0n) is 10.5. The topological polar surface area (TPSA) is 26.0 Å². The number of halogens is 2. The van der Waals surface area contributed by atoms with Crippen molar-refractivity contribution in [1.82, 2.24) is 4.98 Å². The number of pyridine rings is 1. The molecule has 20 heavy (non-hydrogen) atoms. The van der Waals surface area contributed by atoms with E-state index in [0.29, 0.717) is 5.69 Å². The van der Waals surface area contributed by atoms with Gasteiger partial charge in [-0.2, -0.15) is 0 Å². The maximum Gasteiger partial charge on any atom is 0.280 e. The van der Waals surface area contributed by atoms with Crippen LogP contribution in [0, 0.1) is 0 Å². The molecule has 3 aromatic rings. The van der Waals surface area contributed by atoms with Crippen molar-refractivity contribution in [2.45, 2.75) is 6.43 Å². The number of benzene rings is 1. The molecule has 2 aromatic heterocycles. The Bertz CT molecular complexity index is 691. The summed E-state index contributed by atoms with van der Waals surface area (Å²) in [4.78, 5) is 3.96. The van der Waals surface area contributed by atoms with Crippen LogP contribution in [0.1, 0.15) is 12.1 Å². The number of hydrogen-bond acceptors (Lipinski definition) is 2. The van der Waals surface area contributed by atoms with Gasteiger partial charge in [0.2, 0.25) is 0 Å². The van der Waals surface area contributed by atoms with Crippen molar-refractivity contribution >= 4 is 0 Å². The van der Waals surface area contributed by atoms with Crippen LogP contribution in [0.4, 0.5) is 8.78 Å². The van der Waals surface area contributed by atoms with E-state index in [9.17, 15) is 8.78 Å². The third-order valence-electron chi connectivity index (χ3n) is 2.98. The van der Waals surface area contributed by atoms with Crippen LogP contribution in [0.2, 0.25) is 0 Å². The summed E-state index contributed by atoms with van der Waals surface area (Å²) in [7, 11) is 0. The molecule has 4 heteroatoms. The molecule has 0 aliphatic carbocycles. The largest absolute Gasteiger partial charge is 0.464 e. The summed E-state index contributed by atoms with van der Waals surface area (Å²) in [6, 6.07) is 15.8. The molecular formula is C16H11F2NO. The van der Waals surface area contributed by atoms with Gasteiger partial charge in [0.15, 0.2) is 0 Å². The maximum atomic E-state index is 12.6. The van der Waals surface area contributed by atoms with E-state index >= 15 is 0 Å². The molecule has 0 amide bonds.